The Bertz CT molecular complexity index is 306. The summed E-state index contributed by atoms with van der Waals surface area (Å²) >= 11 is 4.96. The minimum Gasteiger partial charge on any atom is -0.393 e. The van der Waals surface area contributed by atoms with Gasteiger partial charge in [0.25, 0.3) is 0 Å². The van der Waals surface area contributed by atoms with Crippen LogP contribution in [0.5, 0.6) is 0 Å². The highest BCUT2D eigenvalue weighted by Gasteiger charge is 2.36. The van der Waals surface area contributed by atoms with E-state index in [-0.39, 0.29) is 11.8 Å². The third-order valence-electron chi connectivity index (χ3n) is 3.60. The van der Waals surface area contributed by atoms with Crippen molar-refractivity contribution in [3.05, 3.63) is 0 Å². The van der Waals surface area contributed by atoms with Crippen LogP contribution in [0.2, 0.25) is 0 Å². The molecule has 0 aromatic heterocycles. The number of amides is 1. The molecule has 1 aliphatic rings. The molecule has 0 spiro atoms. The fourth-order valence-electron chi connectivity index (χ4n) is 2.52. The number of carbonyl (C=O) groups excluding carboxylic acids is 1. The molecule has 98 valence electrons. The van der Waals surface area contributed by atoms with Crippen molar-refractivity contribution < 1.29 is 4.79 Å². The van der Waals surface area contributed by atoms with Crippen LogP contribution in [0.25, 0.3) is 0 Å². The van der Waals surface area contributed by atoms with Gasteiger partial charge in [-0.05, 0) is 26.4 Å². The van der Waals surface area contributed by atoms with Crippen LogP contribution in [0.15, 0.2) is 0 Å². The molecule has 0 radical (unpaired) electrons. The second-order valence-electron chi connectivity index (χ2n) is 5.11. The van der Waals surface area contributed by atoms with Gasteiger partial charge in [0.15, 0.2) is 0 Å². The zero-order chi connectivity index (χ0) is 13.2. The lowest BCUT2D eigenvalue weighted by Gasteiger charge is -2.24. The van der Waals surface area contributed by atoms with Crippen LogP contribution in [0.4, 0.5) is 0 Å². The fraction of sp³-hybridized carbons (Fsp3) is 0.833. The molecule has 17 heavy (non-hydrogen) atoms. The van der Waals surface area contributed by atoms with Crippen molar-refractivity contribution in [3.8, 4) is 0 Å². The van der Waals surface area contributed by atoms with Crippen molar-refractivity contribution in [2.45, 2.75) is 26.3 Å². The first-order chi connectivity index (χ1) is 7.88. The maximum Gasteiger partial charge on any atom is 0.232 e. The lowest BCUT2D eigenvalue weighted by Crippen LogP contribution is -2.41. The van der Waals surface area contributed by atoms with Crippen molar-refractivity contribution in [2.24, 2.45) is 17.6 Å². The van der Waals surface area contributed by atoms with Crippen molar-refractivity contribution >= 4 is 23.1 Å². The van der Waals surface area contributed by atoms with E-state index < -0.39 is 0 Å². The van der Waals surface area contributed by atoms with Gasteiger partial charge in [-0.1, -0.05) is 26.1 Å². The SMILES string of the molecule is CCC(C(=O)N1CC(C)C(N(C)C)C1)C(N)=S. The molecule has 1 heterocycles. The highest BCUT2D eigenvalue weighted by Crippen LogP contribution is 2.22. The molecule has 1 aliphatic heterocycles. The van der Waals surface area contributed by atoms with Crippen molar-refractivity contribution in [1.82, 2.24) is 9.80 Å². The molecule has 0 aliphatic carbocycles. The van der Waals surface area contributed by atoms with Gasteiger partial charge in [0.1, 0.15) is 0 Å². The minimum atomic E-state index is -0.293. The molecule has 1 fully saturated rings. The number of rotatable bonds is 4. The van der Waals surface area contributed by atoms with Gasteiger partial charge < -0.3 is 15.5 Å². The van der Waals surface area contributed by atoms with Gasteiger partial charge in [0, 0.05) is 19.1 Å². The molecule has 3 unspecified atom stereocenters. The van der Waals surface area contributed by atoms with Crippen LogP contribution in [0.1, 0.15) is 20.3 Å². The average Bonchev–Trinajstić information content (AvgIpc) is 2.60. The van der Waals surface area contributed by atoms with Crippen LogP contribution in [0.3, 0.4) is 0 Å². The number of hydrogen-bond donors (Lipinski definition) is 1. The molecule has 0 aromatic rings. The second kappa shape index (κ2) is 5.78. The Hall–Kier alpha value is -0.680. The number of nitrogens with two attached hydrogens (primary N) is 1. The minimum absolute atomic E-state index is 0.0937. The smallest absolute Gasteiger partial charge is 0.232 e. The number of likely N-dealkylation sites (N-methyl/N-ethyl adjacent to an activating group) is 1. The predicted molar refractivity (Wildman–Crippen MR) is 73.8 cm³/mol. The van der Waals surface area contributed by atoms with E-state index in [1.807, 2.05) is 11.8 Å². The van der Waals surface area contributed by atoms with Crippen LogP contribution < -0.4 is 5.73 Å². The summed E-state index contributed by atoms with van der Waals surface area (Å²) < 4.78 is 0. The Morgan fingerprint density at radius 1 is 1.53 bits per heavy atom. The first-order valence-corrected chi connectivity index (χ1v) is 6.53. The Kier molecular flexibility index (Phi) is 4.89. The van der Waals surface area contributed by atoms with Gasteiger partial charge in [0.2, 0.25) is 5.91 Å². The van der Waals surface area contributed by atoms with Crippen molar-refractivity contribution in [3.63, 3.8) is 0 Å². The molecular formula is C12H23N3OS. The lowest BCUT2D eigenvalue weighted by molar-refractivity contribution is -0.132. The monoisotopic (exact) mass is 257 g/mol. The maximum atomic E-state index is 12.3. The van der Waals surface area contributed by atoms with E-state index in [1.165, 1.54) is 0 Å². The lowest BCUT2D eigenvalue weighted by atomic mass is 10.1. The summed E-state index contributed by atoms with van der Waals surface area (Å²) in [4.78, 5) is 16.7. The average molecular weight is 257 g/mol. The Morgan fingerprint density at radius 2 is 2.12 bits per heavy atom. The van der Waals surface area contributed by atoms with Gasteiger partial charge in [0.05, 0.1) is 10.9 Å². The maximum absolute atomic E-state index is 12.3. The topological polar surface area (TPSA) is 49.6 Å². The second-order valence-corrected chi connectivity index (χ2v) is 5.59. The summed E-state index contributed by atoms with van der Waals surface area (Å²) in [5.74, 6) is 0.298. The molecule has 0 saturated carbocycles. The molecule has 4 nitrogen and oxygen atoms in total. The van der Waals surface area contributed by atoms with E-state index in [1.54, 1.807) is 0 Å². The zero-order valence-electron chi connectivity index (χ0n) is 11.1. The summed E-state index contributed by atoms with van der Waals surface area (Å²) in [7, 11) is 4.11. The number of carbonyl (C=O) groups is 1. The van der Waals surface area contributed by atoms with E-state index in [9.17, 15) is 4.79 Å². The van der Waals surface area contributed by atoms with E-state index in [2.05, 4.69) is 25.9 Å². The standard InChI is InChI=1S/C12H23N3OS/c1-5-9(11(13)17)12(16)15-6-8(2)10(7-15)14(3)4/h8-10H,5-7H2,1-4H3,(H2,13,17). The van der Waals surface area contributed by atoms with E-state index >= 15 is 0 Å². The van der Waals surface area contributed by atoms with E-state index in [0.717, 1.165) is 13.1 Å². The predicted octanol–water partition coefficient (Wildman–Crippen LogP) is 0.707. The number of hydrogen-bond acceptors (Lipinski definition) is 3. The molecule has 1 rings (SSSR count). The van der Waals surface area contributed by atoms with E-state index in [4.69, 9.17) is 18.0 Å². The first kappa shape index (κ1) is 14.4. The normalized spacial score (nSPS) is 26.3. The summed E-state index contributed by atoms with van der Waals surface area (Å²) in [6.45, 7) is 5.72. The molecule has 1 amide bonds. The van der Waals surface area contributed by atoms with Gasteiger partial charge in [-0.3, -0.25) is 4.79 Å². The molecular weight excluding hydrogens is 234 g/mol. The molecule has 1 saturated heterocycles. The van der Waals surface area contributed by atoms with Gasteiger partial charge in [-0.25, -0.2) is 0 Å². The molecule has 2 N–H and O–H groups in total. The summed E-state index contributed by atoms with van der Waals surface area (Å²) in [5, 5.41) is 0. The van der Waals surface area contributed by atoms with Crippen LogP contribution >= 0.6 is 12.2 Å². The highest BCUT2D eigenvalue weighted by molar-refractivity contribution is 7.80. The molecule has 0 aromatic carbocycles. The highest BCUT2D eigenvalue weighted by atomic mass is 32.1. The summed E-state index contributed by atoms with van der Waals surface area (Å²) in [5.41, 5.74) is 5.62. The Morgan fingerprint density at radius 3 is 2.47 bits per heavy atom. The Balaban J connectivity index is 2.70. The third-order valence-corrected chi connectivity index (χ3v) is 3.88. The zero-order valence-corrected chi connectivity index (χ0v) is 12.0. The first-order valence-electron chi connectivity index (χ1n) is 6.13. The quantitative estimate of drug-likeness (QED) is 0.754. The molecule has 5 heteroatoms. The van der Waals surface area contributed by atoms with E-state index in [0.29, 0.717) is 23.4 Å². The number of likely N-dealkylation sites (tertiary alicyclic amines) is 1. The van der Waals surface area contributed by atoms with Gasteiger partial charge in [-0.15, -0.1) is 0 Å². The third kappa shape index (κ3) is 3.16. The van der Waals surface area contributed by atoms with Gasteiger partial charge in [-0.2, -0.15) is 0 Å². The summed E-state index contributed by atoms with van der Waals surface area (Å²) in [6.07, 6.45) is 0.686. The largest absolute Gasteiger partial charge is 0.393 e. The van der Waals surface area contributed by atoms with Crippen LogP contribution in [-0.4, -0.2) is 53.9 Å². The van der Waals surface area contributed by atoms with Crippen molar-refractivity contribution in [1.29, 1.82) is 0 Å². The van der Waals surface area contributed by atoms with Crippen LogP contribution in [0, 0.1) is 11.8 Å². The van der Waals surface area contributed by atoms with Crippen molar-refractivity contribution in [2.75, 3.05) is 27.2 Å². The molecule has 3 atom stereocenters. The fourth-order valence-corrected chi connectivity index (χ4v) is 2.79. The molecule has 0 bridgehead atoms. The Labute approximate surface area is 109 Å². The summed E-state index contributed by atoms with van der Waals surface area (Å²) in [6, 6.07) is 0.433. The number of thiocarbonyl (C=S) groups is 1. The number of nitrogens with zero attached hydrogens (tertiary/aromatic N) is 2. The van der Waals surface area contributed by atoms with Gasteiger partial charge >= 0.3 is 0 Å². The van der Waals surface area contributed by atoms with Crippen LogP contribution in [-0.2, 0) is 4.79 Å².